The van der Waals surface area contributed by atoms with Crippen molar-refractivity contribution in [3.8, 4) is 0 Å². The van der Waals surface area contributed by atoms with Crippen molar-refractivity contribution in [1.29, 1.82) is 0 Å². The summed E-state index contributed by atoms with van der Waals surface area (Å²) in [5, 5.41) is 0. The molecule has 2 aromatic rings. The number of sulfonamides is 1. The first kappa shape index (κ1) is 17.7. The molecule has 2 aromatic carbocycles. The lowest BCUT2D eigenvalue weighted by Crippen LogP contribution is -2.38. The number of amides is 1. The maximum atomic E-state index is 12.8. The van der Waals surface area contributed by atoms with Gasteiger partial charge < -0.3 is 5.73 Å². The van der Waals surface area contributed by atoms with Gasteiger partial charge >= 0.3 is 0 Å². The number of rotatable bonds is 6. The lowest BCUT2D eigenvalue weighted by atomic mass is 10.2. The van der Waals surface area contributed by atoms with Gasteiger partial charge in [0.15, 0.2) is 0 Å². The molecule has 7 heteroatoms. The Kier molecular flexibility index (Phi) is 5.56. The number of nitrogens with two attached hydrogens (primary N) is 1. The molecule has 0 aliphatic rings. The average Bonchev–Trinajstić information content (AvgIpc) is 2.49. The Bertz CT molecular complexity index is 787. The van der Waals surface area contributed by atoms with Crippen molar-refractivity contribution in [3.05, 3.63) is 64.1 Å². The van der Waals surface area contributed by atoms with Crippen molar-refractivity contribution in [3.63, 3.8) is 0 Å². The molecule has 0 bridgehead atoms. The van der Waals surface area contributed by atoms with Crippen LogP contribution < -0.4 is 5.73 Å². The molecule has 0 fully saturated rings. The second-order valence-corrected chi connectivity index (χ2v) is 8.03. The first-order chi connectivity index (χ1) is 10.8. The smallest absolute Gasteiger partial charge is 0.243 e. The highest BCUT2D eigenvalue weighted by molar-refractivity contribution is 9.10. The number of benzene rings is 2. The van der Waals surface area contributed by atoms with Gasteiger partial charge in [-0.2, -0.15) is 4.31 Å². The van der Waals surface area contributed by atoms with Crippen molar-refractivity contribution < 1.29 is 13.2 Å². The van der Waals surface area contributed by atoms with Crippen LogP contribution in [-0.2, 0) is 21.4 Å². The van der Waals surface area contributed by atoms with Crippen LogP contribution >= 0.6 is 15.9 Å². The van der Waals surface area contributed by atoms with Gasteiger partial charge in [0.05, 0.1) is 11.4 Å². The molecule has 2 N–H and O–H groups in total. The van der Waals surface area contributed by atoms with E-state index in [0.717, 1.165) is 19.9 Å². The van der Waals surface area contributed by atoms with E-state index in [2.05, 4.69) is 15.9 Å². The van der Waals surface area contributed by atoms with Crippen molar-refractivity contribution in [2.75, 3.05) is 6.54 Å². The second kappa shape index (κ2) is 7.25. The Hall–Kier alpha value is -1.70. The van der Waals surface area contributed by atoms with Gasteiger partial charge in [-0.3, -0.25) is 4.79 Å². The molecule has 0 saturated heterocycles. The van der Waals surface area contributed by atoms with Crippen LogP contribution in [0.5, 0.6) is 0 Å². The first-order valence-corrected chi connectivity index (χ1v) is 9.12. The van der Waals surface area contributed by atoms with Gasteiger partial charge in [0.1, 0.15) is 0 Å². The molecular weight excluding hydrogens is 380 g/mol. The Morgan fingerprint density at radius 1 is 1.09 bits per heavy atom. The van der Waals surface area contributed by atoms with Crippen molar-refractivity contribution in [1.82, 2.24) is 4.31 Å². The van der Waals surface area contributed by atoms with Gasteiger partial charge in [-0.15, -0.1) is 0 Å². The number of carbonyl (C=O) groups excluding carboxylic acids is 1. The summed E-state index contributed by atoms with van der Waals surface area (Å²) in [6.45, 7) is 1.58. The zero-order chi connectivity index (χ0) is 17.0. The average molecular weight is 397 g/mol. The van der Waals surface area contributed by atoms with E-state index in [1.54, 1.807) is 24.3 Å². The second-order valence-electron chi connectivity index (χ2n) is 5.18. The van der Waals surface area contributed by atoms with Gasteiger partial charge in [-0.1, -0.05) is 45.8 Å². The van der Waals surface area contributed by atoms with Crippen LogP contribution in [0.3, 0.4) is 0 Å². The molecule has 0 atom stereocenters. The molecule has 2 rings (SSSR count). The molecule has 0 aromatic heterocycles. The summed E-state index contributed by atoms with van der Waals surface area (Å²) in [5.74, 6) is -0.696. The molecule has 1 amide bonds. The third-order valence-corrected chi connectivity index (χ3v) is 5.60. The van der Waals surface area contributed by atoms with Crippen molar-refractivity contribution >= 4 is 31.9 Å². The lowest BCUT2D eigenvalue weighted by molar-refractivity contribution is -0.118. The summed E-state index contributed by atoms with van der Waals surface area (Å²) in [7, 11) is -3.80. The molecule has 0 aliphatic carbocycles. The van der Waals surface area contributed by atoms with E-state index in [0.29, 0.717) is 0 Å². The standard InChI is InChI=1S/C16H17BrN2O3S/c1-12-2-8-15(9-3-12)23(21,22)19(11-16(18)20)10-13-4-6-14(17)7-5-13/h2-9H,10-11H2,1H3,(H2,18,20). The zero-order valence-electron chi connectivity index (χ0n) is 12.6. The van der Waals surface area contributed by atoms with Crippen LogP contribution in [0.25, 0.3) is 0 Å². The highest BCUT2D eigenvalue weighted by Crippen LogP contribution is 2.20. The van der Waals surface area contributed by atoms with Gasteiger partial charge in [0.2, 0.25) is 15.9 Å². The molecular formula is C16H17BrN2O3S. The minimum absolute atomic E-state index is 0.0758. The van der Waals surface area contributed by atoms with Gasteiger partial charge in [-0.05, 0) is 36.8 Å². The number of hydrogen-bond acceptors (Lipinski definition) is 3. The fourth-order valence-corrected chi connectivity index (χ4v) is 3.71. The van der Waals surface area contributed by atoms with Gasteiger partial charge in [-0.25, -0.2) is 8.42 Å². The van der Waals surface area contributed by atoms with Crippen LogP contribution in [0.4, 0.5) is 0 Å². The predicted octanol–water partition coefficient (Wildman–Crippen LogP) is 2.43. The van der Waals surface area contributed by atoms with Crippen LogP contribution in [0.2, 0.25) is 0 Å². The third-order valence-electron chi connectivity index (χ3n) is 3.26. The largest absolute Gasteiger partial charge is 0.369 e. The zero-order valence-corrected chi connectivity index (χ0v) is 15.0. The Morgan fingerprint density at radius 2 is 1.65 bits per heavy atom. The number of aryl methyl sites for hydroxylation is 1. The summed E-state index contributed by atoms with van der Waals surface area (Å²) in [5.41, 5.74) is 6.94. The maximum Gasteiger partial charge on any atom is 0.243 e. The van der Waals surface area contributed by atoms with E-state index >= 15 is 0 Å². The molecule has 122 valence electrons. The molecule has 0 heterocycles. The highest BCUT2D eigenvalue weighted by atomic mass is 79.9. The fraction of sp³-hybridized carbons (Fsp3) is 0.188. The lowest BCUT2D eigenvalue weighted by Gasteiger charge is -2.21. The number of primary amides is 1. The topological polar surface area (TPSA) is 80.5 Å². The Labute approximate surface area is 144 Å². The van der Waals surface area contributed by atoms with Crippen molar-refractivity contribution in [2.24, 2.45) is 5.73 Å². The van der Waals surface area contributed by atoms with Crippen LogP contribution in [0, 0.1) is 6.92 Å². The SMILES string of the molecule is Cc1ccc(S(=O)(=O)N(CC(N)=O)Cc2ccc(Br)cc2)cc1. The molecule has 0 saturated carbocycles. The van der Waals surface area contributed by atoms with E-state index < -0.39 is 15.9 Å². The Balaban J connectivity index is 2.34. The van der Waals surface area contributed by atoms with Crippen LogP contribution in [-0.4, -0.2) is 25.2 Å². The van der Waals surface area contributed by atoms with Crippen LogP contribution in [0.1, 0.15) is 11.1 Å². The monoisotopic (exact) mass is 396 g/mol. The molecule has 0 aliphatic heterocycles. The van der Waals surface area contributed by atoms with E-state index in [9.17, 15) is 13.2 Å². The minimum Gasteiger partial charge on any atom is -0.369 e. The molecule has 0 unspecified atom stereocenters. The summed E-state index contributed by atoms with van der Waals surface area (Å²) in [6.07, 6.45) is 0. The van der Waals surface area contributed by atoms with Gasteiger partial charge in [0.25, 0.3) is 0 Å². The van der Waals surface area contributed by atoms with E-state index in [1.165, 1.54) is 12.1 Å². The summed E-state index contributed by atoms with van der Waals surface area (Å²) >= 11 is 3.33. The fourth-order valence-electron chi connectivity index (χ4n) is 2.05. The van der Waals surface area contributed by atoms with Gasteiger partial charge in [0, 0.05) is 11.0 Å². The quantitative estimate of drug-likeness (QED) is 0.813. The van der Waals surface area contributed by atoms with Crippen LogP contribution in [0.15, 0.2) is 57.9 Å². The van der Waals surface area contributed by atoms with E-state index in [-0.39, 0.29) is 18.0 Å². The number of nitrogens with zero attached hydrogens (tertiary/aromatic N) is 1. The first-order valence-electron chi connectivity index (χ1n) is 6.88. The number of halogens is 1. The summed E-state index contributed by atoms with van der Waals surface area (Å²) < 4.78 is 27.5. The molecule has 5 nitrogen and oxygen atoms in total. The maximum absolute atomic E-state index is 12.8. The molecule has 23 heavy (non-hydrogen) atoms. The third kappa shape index (κ3) is 4.63. The number of hydrogen-bond donors (Lipinski definition) is 1. The van der Waals surface area contributed by atoms with Crippen molar-refractivity contribution in [2.45, 2.75) is 18.4 Å². The normalized spacial score (nSPS) is 11.6. The predicted molar refractivity (Wildman–Crippen MR) is 92.1 cm³/mol. The molecule has 0 spiro atoms. The summed E-state index contributed by atoms with van der Waals surface area (Å²) in [6, 6.07) is 13.7. The molecule has 0 radical (unpaired) electrons. The summed E-state index contributed by atoms with van der Waals surface area (Å²) in [4.78, 5) is 11.4. The highest BCUT2D eigenvalue weighted by Gasteiger charge is 2.26. The Morgan fingerprint density at radius 3 is 2.17 bits per heavy atom. The minimum atomic E-state index is -3.80. The van der Waals surface area contributed by atoms with E-state index in [4.69, 9.17) is 5.73 Å². The number of carbonyl (C=O) groups is 1. The van der Waals surface area contributed by atoms with E-state index in [1.807, 2.05) is 19.1 Å².